The first kappa shape index (κ1) is 13.4. The molecule has 0 saturated carbocycles. The minimum absolute atomic E-state index is 0.124. The molecule has 0 aromatic heterocycles. The minimum atomic E-state index is 0.124. The maximum atomic E-state index is 12.6. The number of fused-ring (bicyclic) bond motifs is 1. The Morgan fingerprint density at radius 3 is 2.20 bits per heavy atom. The number of benzene rings is 2. The first-order chi connectivity index (χ1) is 9.74. The molecular formula is C17H16BrNO. The fraction of sp³-hybridized carbons (Fsp3) is 0.235. The van der Waals surface area contributed by atoms with Crippen LogP contribution < -0.4 is 0 Å². The highest BCUT2D eigenvalue weighted by atomic mass is 79.9. The third kappa shape index (κ3) is 2.78. The molecule has 1 amide bonds. The maximum Gasteiger partial charge on any atom is 0.253 e. The van der Waals surface area contributed by atoms with Crippen LogP contribution in [0.2, 0.25) is 0 Å². The van der Waals surface area contributed by atoms with Crippen molar-refractivity contribution in [3.63, 3.8) is 0 Å². The van der Waals surface area contributed by atoms with Crippen LogP contribution in [0.25, 0.3) is 0 Å². The monoisotopic (exact) mass is 329 g/mol. The van der Waals surface area contributed by atoms with E-state index in [0.717, 1.165) is 36.0 Å². The van der Waals surface area contributed by atoms with E-state index in [4.69, 9.17) is 0 Å². The molecule has 2 aromatic carbocycles. The molecular weight excluding hydrogens is 314 g/mol. The van der Waals surface area contributed by atoms with E-state index < -0.39 is 0 Å². The lowest BCUT2D eigenvalue weighted by molar-refractivity contribution is 0.0763. The zero-order chi connectivity index (χ0) is 13.9. The SMILES string of the molecule is O=C(c1cccc(Br)c1)N1CCc2ccccc2CC1. The summed E-state index contributed by atoms with van der Waals surface area (Å²) in [5, 5.41) is 0. The van der Waals surface area contributed by atoms with E-state index in [2.05, 4.69) is 40.2 Å². The second kappa shape index (κ2) is 5.80. The molecule has 1 aliphatic rings. The van der Waals surface area contributed by atoms with Gasteiger partial charge in [0.05, 0.1) is 0 Å². The molecule has 0 atom stereocenters. The van der Waals surface area contributed by atoms with Gasteiger partial charge in [0.2, 0.25) is 0 Å². The average molecular weight is 330 g/mol. The Kier molecular flexibility index (Phi) is 3.88. The lowest BCUT2D eigenvalue weighted by Crippen LogP contribution is -2.33. The van der Waals surface area contributed by atoms with E-state index in [1.165, 1.54) is 11.1 Å². The molecule has 0 spiro atoms. The molecule has 0 unspecified atom stereocenters. The predicted molar refractivity (Wildman–Crippen MR) is 83.9 cm³/mol. The Labute approximate surface area is 127 Å². The van der Waals surface area contributed by atoms with Gasteiger partial charge >= 0.3 is 0 Å². The third-order valence-electron chi connectivity index (χ3n) is 3.78. The quantitative estimate of drug-likeness (QED) is 0.781. The molecule has 20 heavy (non-hydrogen) atoms. The molecule has 102 valence electrons. The van der Waals surface area contributed by atoms with E-state index in [-0.39, 0.29) is 5.91 Å². The van der Waals surface area contributed by atoms with Gasteiger partial charge in [0.1, 0.15) is 0 Å². The molecule has 2 nitrogen and oxygen atoms in total. The van der Waals surface area contributed by atoms with Crippen LogP contribution in [0.15, 0.2) is 53.0 Å². The van der Waals surface area contributed by atoms with Crippen molar-refractivity contribution in [2.24, 2.45) is 0 Å². The summed E-state index contributed by atoms with van der Waals surface area (Å²) in [4.78, 5) is 14.5. The molecule has 0 saturated heterocycles. The summed E-state index contributed by atoms with van der Waals surface area (Å²) >= 11 is 3.42. The van der Waals surface area contributed by atoms with Gasteiger partial charge in [-0.25, -0.2) is 0 Å². The van der Waals surface area contributed by atoms with Gasteiger partial charge < -0.3 is 4.90 Å². The van der Waals surface area contributed by atoms with Crippen LogP contribution in [0.3, 0.4) is 0 Å². The molecule has 0 N–H and O–H groups in total. The average Bonchev–Trinajstić information content (AvgIpc) is 2.69. The van der Waals surface area contributed by atoms with Gasteiger partial charge in [0, 0.05) is 23.1 Å². The van der Waals surface area contributed by atoms with Gasteiger partial charge in [-0.15, -0.1) is 0 Å². The number of hydrogen-bond donors (Lipinski definition) is 0. The number of carbonyl (C=O) groups excluding carboxylic acids is 1. The summed E-state index contributed by atoms with van der Waals surface area (Å²) in [6, 6.07) is 16.1. The van der Waals surface area contributed by atoms with Crippen molar-refractivity contribution in [2.75, 3.05) is 13.1 Å². The van der Waals surface area contributed by atoms with E-state index in [0.29, 0.717) is 0 Å². The van der Waals surface area contributed by atoms with E-state index in [1.807, 2.05) is 29.2 Å². The number of hydrogen-bond acceptors (Lipinski definition) is 1. The van der Waals surface area contributed by atoms with Crippen molar-refractivity contribution in [1.82, 2.24) is 4.90 Å². The predicted octanol–water partition coefficient (Wildman–Crippen LogP) is 3.69. The Balaban J connectivity index is 1.78. The fourth-order valence-electron chi connectivity index (χ4n) is 2.68. The number of rotatable bonds is 1. The Hall–Kier alpha value is -1.61. The Bertz CT molecular complexity index is 611. The van der Waals surface area contributed by atoms with E-state index >= 15 is 0 Å². The first-order valence-corrected chi connectivity index (χ1v) is 7.65. The molecule has 3 heteroatoms. The maximum absolute atomic E-state index is 12.6. The highest BCUT2D eigenvalue weighted by molar-refractivity contribution is 9.10. The van der Waals surface area contributed by atoms with Gasteiger partial charge in [-0.2, -0.15) is 0 Å². The van der Waals surface area contributed by atoms with Gasteiger partial charge in [-0.1, -0.05) is 46.3 Å². The number of nitrogens with zero attached hydrogens (tertiary/aromatic N) is 1. The standard InChI is InChI=1S/C17H16BrNO/c18-16-7-3-6-15(12-16)17(20)19-10-8-13-4-1-2-5-14(13)9-11-19/h1-7,12H,8-11H2. The zero-order valence-electron chi connectivity index (χ0n) is 11.2. The lowest BCUT2D eigenvalue weighted by atomic mass is 10.0. The molecule has 0 aliphatic carbocycles. The van der Waals surface area contributed by atoms with Gasteiger partial charge in [0.25, 0.3) is 5.91 Å². The summed E-state index contributed by atoms with van der Waals surface area (Å²) in [5.41, 5.74) is 3.50. The van der Waals surface area contributed by atoms with Crippen LogP contribution in [0.1, 0.15) is 21.5 Å². The minimum Gasteiger partial charge on any atom is -0.338 e. The molecule has 0 bridgehead atoms. The second-order valence-electron chi connectivity index (χ2n) is 5.07. The highest BCUT2D eigenvalue weighted by Gasteiger charge is 2.19. The van der Waals surface area contributed by atoms with Crippen LogP contribution >= 0.6 is 15.9 Å². The topological polar surface area (TPSA) is 20.3 Å². The Morgan fingerprint density at radius 2 is 1.60 bits per heavy atom. The van der Waals surface area contributed by atoms with E-state index in [9.17, 15) is 4.79 Å². The summed E-state index contributed by atoms with van der Waals surface area (Å²) in [6.45, 7) is 1.59. The van der Waals surface area contributed by atoms with Crippen molar-refractivity contribution < 1.29 is 4.79 Å². The summed E-state index contributed by atoms with van der Waals surface area (Å²) in [6.07, 6.45) is 1.88. The number of halogens is 1. The summed E-state index contributed by atoms with van der Waals surface area (Å²) in [5.74, 6) is 0.124. The third-order valence-corrected chi connectivity index (χ3v) is 4.27. The number of amides is 1. The van der Waals surface area contributed by atoms with Crippen molar-refractivity contribution in [3.8, 4) is 0 Å². The summed E-state index contributed by atoms with van der Waals surface area (Å²) in [7, 11) is 0. The highest BCUT2D eigenvalue weighted by Crippen LogP contribution is 2.18. The second-order valence-corrected chi connectivity index (χ2v) is 5.99. The smallest absolute Gasteiger partial charge is 0.253 e. The molecule has 1 aliphatic heterocycles. The van der Waals surface area contributed by atoms with Crippen LogP contribution in [0.4, 0.5) is 0 Å². The molecule has 0 radical (unpaired) electrons. The fourth-order valence-corrected chi connectivity index (χ4v) is 3.07. The molecule has 3 rings (SSSR count). The van der Waals surface area contributed by atoms with Crippen LogP contribution in [-0.4, -0.2) is 23.9 Å². The van der Waals surface area contributed by atoms with Crippen molar-refractivity contribution in [3.05, 3.63) is 69.7 Å². The first-order valence-electron chi connectivity index (χ1n) is 6.85. The van der Waals surface area contributed by atoms with Crippen LogP contribution in [0, 0.1) is 0 Å². The van der Waals surface area contributed by atoms with Crippen molar-refractivity contribution >= 4 is 21.8 Å². The van der Waals surface area contributed by atoms with E-state index in [1.54, 1.807) is 0 Å². The van der Waals surface area contributed by atoms with Gasteiger partial charge in [-0.05, 0) is 42.2 Å². The van der Waals surface area contributed by atoms with Gasteiger partial charge in [0.15, 0.2) is 0 Å². The Morgan fingerprint density at radius 1 is 0.950 bits per heavy atom. The van der Waals surface area contributed by atoms with Gasteiger partial charge in [-0.3, -0.25) is 4.79 Å². The van der Waals surface area contributed by atoms with Crippen LogP contribution in [-0.2, 0) is 12.8 Å². The lowest BCUT2D eigenvalue weighted by Gasteiger charge is -2.20. The number of carbonyl (C=O) groups is 1. The molecule has 1 heterocycles. The van der Waals surface area contributed by atoms with Crippen molar-refractivity contribution in [2.45, 2.75) is 12.8 Å². The van der Waals surface area contributed by atoms with Crippen molar-refractivity contribution in [1.29, 1.82) is 0 Å². The largest absolute Gasteiger partial charge is 0.338 e. The molecule has 0 fully saturated rings. The molecule has 2 aromatic rings. The summed E-state index contributed by atoms with van der Waals surface area (Å²) < 4.78 is 0.946. The zero-order valence-corrected chi connectivity index (χ0v) is 12.8. The van der Waals surface area contributed by atoms with Crippen LogP contribution in [0.5, 0.6) is 0 Å². The normalized spacial score (nSPS) is 14.6.